The van der Waals surface area contributed by atoms with Crippen LogP contribution in [0.1, 0.15) is 40.5 Å². The number of hydrogen-bond acceptors (Lipinski definition) is 6. The highest BCUT2D eigenvalue weighted by molar-refractivity contribution is 5.95. The summed E-state index contributed by atoms with van der Waals surface area (Å²) >= 11 is 0. The van der Waals surface area contributed by atoms with Crippen LogP contribution in [0.2, 0.25) is 0 Å². The topological polar surface area (TPSA) is 99.2 Å². The molecule has 6 rings (SSSR count). The molecule has 1 amide bonds. The summed E-state index contributed by atoms with van der Waals surface area (Å²) < 4.78 is 23.0. The van der Waals surface area contributed by atoms with Crippen molar-refractivity contribution in [1.82, 2.24) is 29.6 Å². The van der Waals surface area contributed by atoms with Gasteiger partial charge in [0.15, 0.2) is 17.3 Å². The zero-order chi connectivity index (χ0) is 24.8. The lowest BCUT2D eigenvalue weighted by Gasteiger charge is -2.26. The van der Waals surface area contributed by atoms with E-state index < -0.39 is 0 Å². The molecule has 10 heteroatoms. The Bertz CT molecular complexity index is 1620. The number of benzene rings is 2. The van der Waals surface area contributed by atoms with Gasteiger partial charge in [-0.2, -0.15) is 14.3 Å². The van der Waals surface area contributed by atoms with Crippen molar-refractivity contribution in [3.8, 4) is 11.6 Å². The van der Waals surface area contributed by atoms with Gasteiger partial charge in [0.05, 0.1) is 5.69 Å². The van der Waals surface area contributed by atoms with Gasteiger partial charge in [0.25, 0.3) is 0 Å². The van der Waals surface area contributed by atoms with Gasteiger partial charge in [0, 0.05) is 23.5 Å². The van der Waals surface area contributed by atoms with Crippen molar-refractivity contribution in [2.75, 3.05) is 5.32 Å². The molecule has 1 aliphatic rings. The minimum absolute atomic E-state index is 0.130. The normalized spacial score (nSPS) is 15.1. The van der Waals surface area contributed by atoms with Crippen molar-refractivity contribution < 1.29 is 13.9 Å². The van der Waals surface area contributed by atoms with Gasteiger partial charge in [0.2, 0.25) is 5.91 Å². The lowest BCUT2D eigenvalue weighted by molar-refractivity contribution is -0.116. The summed E-state index contributed by atoms with van der Waals surface area (Å²) in [6, 6.07) is 17.5. The van der Waals surface area contributed by atoms with Gasteiger partial charge < -0.3 is 10.1 Å². The van der Waals surface area contributed by atoms with Gasteiger partial charge in [0.1, 0.15) is 24.0 Å². The van der Waals surface area contributed by atoms with Crippen LogP contribution in [0.3, 0.4) is 0 Å². The van der Waals surface area contributed by atoms with Crippen molar-refractivity contribution >= 4 is 17.4 Å². The van der Waals surface area contributed by atoms with E-state index >= 15 is 0 Å². The Morgan fingerprint density at radius 2 is 1.92 bits per heavy atom. The van der Waals surface area contributed by atoms with Crippen molar-refractivity contribution in [1.29, 1.82) is 0 Å². The number of ether oxygens (including phenoxy) is 1. The first-order chi connectivity index (χ1) is 17.5. The first-order valence-corrected chi connectivity index (χ1v) is 11.5. The maximum atomic E-state index is 13.6. The number of nitrogens with one attached hydrogen (secondary N) is 1. The second-order valence-electron chi connectivity index (χ2n) is 8.73. The molecule has 5 aromatic rings. The van der Waals surface area contributed by atoms with Crippen LogP contribution in [0.5, 0.6) is 5.75 Å². The molecular weight excluding hydrogens is 461 g/mol. The lowest BCUT2D eigenvalue weighted by atomic mass is 9.85. The van der Waals surface area contributed by atoms with Crippen LogP contribution in [0.15, 0.2) is 60.7 Å². The largest absolute Gasteiger partial charge is 0.489 e. The monoisotopic (exact) mass is 483 g/mol. The summed E-state index contributed by atoms with van der Waals surface area (Å²) in [6.45, 7) is 3.94. The molecule has 180 valence electrons. The molecule has 0 spiro atoms. The van der Waals surface area contributed by atoms with E-state index in [-0.39, 0.29) is 30.7 Å². The van der Waals surface area contributed by atoms with Crippen LogP contribution in [-0.4, -0.2) is 35.5 Å². The lowest BCUT2D eigenvalue weighted by Crippen LogP contribution is -2.25. The predicted molar refractivity (Wildman–Crippen MR) is 130 cm³/mol. The molecule has 0 saturated carbocycles. The molecule has 36 heavy (non-hydrogen) atoms. The van der Waals surface area contributed by atoms with Crippen molar-refractivity contribution in [2.45, 2.75) is 32.8 Å². The number of halogens is 1. The van der Waals surface area contributed by atoms with E-state index in [0.29, 0.717) is 28.9 Å². The molecular formula is C26H22FN7O2. The Labute approximate surface area is 205 Å². The average molecular weight is 484 g/mol. The molecule has 2 aromatic carbocycles. The van der Waals surface area contributed by atoms with Crippen molar-refractivity contribution in [3.05, 3.63) is 94.7 Å². The highest BCUT2D eigenvalue weighted by Crippen LogP contribution is 2.43. The Hall–Kier alpha value is -4.60. The number of aryl methyl sites for hydroxylation is 2. The Balaban J connectivity index is 1.40. The second kappa shape index (κ2) is 8.56. The molecule has 0 radical (unpaired) electrons. The summed E-state index contributed by atoms with van der Waals surface area (Å²) in [4.78, 5) is 12.9. The minimum Gasteiger partial charge on any atom is -0.489 e. The number of rotatable bonds is 5. The number of carbonyl (C=O) groups is 1. The average Bonchev–Trinajstić information content (AvgIpc) is 3.41. The van der Waals surface area contributed by atoms with Crippen LogP contribution in [0.25, 0.3) is 11.5 Å². The summed E-state index contributed by atoms with van der Waals surface area (Å²) in [6.07, 6.45) is 0.247. The van der Waals surface area contributed by atoms with E-state index in [4.69, 9.17) is 9.84 Å². The molecule has 3 aromatic heterocycles. The van der Waals surface area contributed by atoms with Gasteiger partial charge in [-0.1, -0.05) is 30.3 Å². The van der Waals surface area contributed by atoms with E-state index in [2.05, 4.69) is 20.6 Å². The zero-order valence-corrected chi connectivity index (χ0v) is 19.6. The molecule has 9 nitrogen and oxygen atoms in total. The number of hydrogen-bond donors (Lipinski definition) is 1. The fraction of sp³-hybridized carbons (Fsp3) is 0.192. The van der Waals surface area contributed by atoms with E-state index in [9.17, 15) is 9.18 Å². The number of nitrogens with zero attached hydrogens (tertiary/aromatic N) is 6. The number of carbonyl (C=O) groups excluding carboxylic acids is 1. The summed E-state index contributed by atoms with van der Waals surface area (Å²) in [5.74, 6) is 1.68. The van der Waals surface area contributed by atoms with Crippen LogP contribution in [0, 0.1) is 19.7 Å². The highest BCUT2D eigenvalue weighted by Gasteiger charge is 2.34. The Morgan fingerprint density at radius 1 is 1.06 bits per heavy atom. The minimum atomic E-state index is -0.311. The molecule has 4 heterocycles. The third-order valence-corrected chi connectivity index (χ3v) is 6.30. The van der Waals surface area contributed by atoms with E-state index in [1.54, 1.807) is 21.3 Å². The summed E-state index contributed by atoms with van der Waals surface area (Å²) in [5, 5.41) is 20.5. The Kier molecular flexibility index (Phi) is 5.21. The third kappa shape index (κ3) is 3.76. The molecule has 0 aliphatic carbocycles. The number of para-hydroxylation sites is 1. The predicted octanol–water partition coefficient (Wildman–Crippen LogP) is 4.12. The van der Waals surface area contributed by atoms with E-state index in [0.717, 1.165) is 22.4 Å². The Morgan fingerprint density at radius 3 is 2.78 bits per heavy atom. The maximum Gasteiger partial charge on any atom is 0.226 e. The van der Waals surface area contributed by atoms with Crippen LogP contribution in [0.4, 0.5) is 10.2 Å². The van der Waals surface area contributed by atoms with Crippen LogP contribution in [-0.2, 0) is 11.4 Å². The number of fused-ring (bicyclic) bond motifs is 2. The quantitative estimate of drug-likeness (QED) is 0.404. The van der Waals surface area contributed by atoms with Crippen molar-refractivity contribution in [2.24, 2.45) is 0 Å². The van der Waals surface area contributed by atoms with Crippen LogP contribution < -0.4 is 10.1 Å². The van der Waals surface area contributed by atoms with Gasteiger partial charge in [-0.25, -0.2) is 4.39 Å². The van der Waals surface area contributed by atoms with Crippen LogP contribution >= 0.6 is 0 Å². The van der Waals surface area contributed by atoms with Gasteiger partial charge >= 0.3 is 0 Å². The highest BCUT2D eigenvalue weighted by atomic mass is 19.1. The zero-order valence-electron chi connectivity index (χ0n) is 19.6. The first-order valence-electron chi connectivity index (χ1n) is 11.5. The summed E-state index contributed by atoms with van der Waals surface area (Å²) in [5.41, 5.74) is 3.89. The van der Waals surface area contributed by atoms with E-state index in [1.807, 2.05) is 50.2 Å². The number of amides is 1. The van der Waals surface area contributed by atoms with Gasteiger partial charge in [-0.3, -0.25) is 4.79 Å². The fourth-order valence-corrected chi connectivity index (χ4v) is 4.67. The molecule has 0 unspecified atom stereocenters. The summed E-state index contributed by atoms with van der Waals surface area (Å²) in [7, 11) is 0. The molecule has 0 fully saturated rings. The maximum absolute atomic E-state index is 13.6. The standard InChI is InChI=1S/C26H22FN7O2/c1-15-25-20(19-8-3-4-9-21(19)36-14-17-6-5-7-18(27)12-17)13-24(35)28-26(25)34(31-15)23-11-10-22-30-29-16(2)33(22)32-23/h3-12,20H,13-14H2,1-2H3,(H,28,35)/t20-/m1/s1. The second-order valence-corrected chi connectivity index (χ2v) is 8.73. The SMILES string of the molecule is Cc1nn(-c2ccc3nnc(C)n3n2)c2c1[C@@H](c1ccccc1OCc1cccc(F)c1)CC(=O)N2. The van der Waals surface area contributed by atoms with E-state index in [1.165, 1.54) is 12.1 Å². The molecule has 0 bridgehead atoms. The molecule has 1 aliphatic heterocycles. The smallest absolute Gasteiger partial charge is 0.226 e. The molecule has 1 atom stereocenters. The van der Waals surface area contributed by atoms with Gasteiger partial charge in [-0.15, -0.1) is 15.3 Å². The van der Waals surface area contributed by atoms with Crippen molar-refractivity contribution in [3.63, 3.8) is 0 Å². The fourth-order valence-electron chi connectivity index (χ4n) is 4.67. The third-order valence-electron chi connectivity index (χ3n) is 6.30. The number of anilines is 1. The van der Waals surface area contributed by atoms with Gasteiger partial charge in [-0.05, 0) is 49.7 Å². The molecule has 1 N–H and O–H groups in total. The number of aromatic nitrogens is 6. The first kappa shape index (κ1) is 21.9. The molecule has 0 saturated heterocycles.